The largest absolute Gasteiger partial charge is 0.291 e. The minimum absolute atomic E-state index is 0.138. The van der Waals surface area contributed by atoms with Crippen LogP contribution in [0.3, 0.4) is 0 Å². The lowest BCUT2D eigenvalue weighted by atomic mass is 9.67. The normalized spacial score (nSPS) is 24.2. The molecule has 0 amide bonds. The highest BCUT2D eigenvalue weighted by atomic mass is 19.1. The zero-order valence-electron chi connectivity index (χ0n) is 18.0. The Morgan fingerprint density at radius 3 is 2.30 bits per heavy atom. The number of halogens is 1. The van der Waals surface area contributed by atoms with Gasteiger partial charge in [0.05, 0.1) is 24.3 Å². The average Bonchev–Trinajstić information content (AvgIpc) is 3.15. The first kappa shape index (κ1) is 20.8. The molecule has 5 heteroatoms. The summed E-state index contributed by atoms with van der Waals surface area (Å²) in [6.07, 6.45) is 3.85. The number of nitriles is 2. The molecule has 5 rings (SSSR count). The summed E-state index contributed by atoms with van der Waals surface area (Å²) in [6, 6.07) is 24.2. The maximum atomic E-state index is 13.9. The van der Waals surface area contributed by atoms with Crippen LogP contribution in [0, 0.1) is 40.8 Å². The highest BCUT2D eigenvalue weighted by Gasteiger charge is 2.68. The van der Waals surface area contributed by atoms with E-state index in [1.807, 2.05) is 55.6 Å². The van der Waals surface area contributed by atoms with Crippen LogP contribution in [0.1, 0.15) is 44.6 Å². The highest BCUT2D eigenvalue weighted by molar-refractivity contribution is 6.00. The Bertz CT molecular complexity index is 1330. The van der Waals surface area contributed by atoms with Crippen molar-refractivity contribution in [3.05, 3.63) is 113 Å². The van der Waals surface area contributed by atoms with Gasteiger partial charge in [0.2, 0.25) is 11.2 Å². The van der Waals surface area contributed by atoms with E-state index in [-0.39, 0.29) is 5.78 Å². The van der Waals surface area contributed by atoms with Crippen LogP contribution in [0.15, 0.2) is 79.0 Å². The molecule has 1 fully saturated rings. The Labute approximate surface area is 191 Å². The number of nitrogens with zero attached hydrogens (tertiary/aromatic N) is 2. The molecule has 1 saturated heterocycles. The van der Waals surface area contributed by atoms with Crippen molar-refractivity contribution in [1.82, 2.24) is 0 Å². The first-order chi connectivity index (χ1) is 16.0. The molecule has 0 spiro atoms. The quantitative estimate of drug-likeness (QED) is 0.631. The highest BCUT2D eigenvalue weighted by Crippen LogP contribution is 2.51. The van der Waals surface area contributed by atoms with Gasteiger partial charge in [-0.2, -0.15) is 10.5 Å². The summed E-state index contributed by atoms with van der Waals surface area (Å²) >= 11 is 0. The average molecular weight is 434 g/mol. The standard InChI is InChI=1S/C28H20FN3O/c1-18-6-8-21(9-7-18)26(33)25-24(20-10-12-22(29)13-11-20)28(16-30,17-31)27-23-5-3-2-4-19(23)14-15-32(25)27/h2-15,24-25,27H,1H3/p+1/t24-,25+,27-/m0/s1. The molecule has 160 valence electrons. The van der Waals surface area contributed by atoms with Crippen molar-refractivity contribution in [3.63, 3.8) is 0 Å². The lowest BCUT2D eigenvalue weighted by Gasteiger charge is -2.29. The van der Waals surface area contributed by atoms with Crippen LogP contribution in [0.25, 0.3) is 6.08 Å². The predicted octanol–water partition coefficient (Wildman–Crippen LogP) is 4.13. The van der Waals surface area contributed by atoms with Gasteiger partial charge in [-0.3, -0.25) is 9.69 Å². The minimum atomic E-state index is -1.51. The molecule has 2 aliphatic rings. The molecule has 2 heterocycles. The van der Waals surface area contributed by atoms with Gasteiger partial charge >= 0.3 is 0 Å². The maximum Gasteiger partial charge on any atom is 0.221 e. The molecule has 0 bridgehead atoms. The van der Waals surface area contributed by atoms with E-state index in [2.05, 4.69) is 12.1 Å². The van der Waals surface area contributed by atoms with Crippen LogP contribution in [0.2, 0.25) is 0 Å². The van der Waals surface area contributed by atoms with Gasteiger partial charge in [0, 0.05) is 11.1 Å². The Hall–Kier alpha value is -4.06. The molecular formula is C28H21FN3O+. The summed E-state index contributed by atoms with van der Waals surface area (Å²) in [7, 11) is 0. The van der Waals surface area contributed by atoms with Gasteiger partial charge < -0.3 is 0 Å². The number of fused-ring (bicyclic) bond motifs is 3. The number of rotatable bonds is 3. The van der Waals surface area contributed by atoms with E-state index in [0.717, 1.165) is 21.6 Å². The predicted molar refractivity (Wildman–Crippen MR) is 121 cm³/mol. The van der Waals surface area contributed by atoms with E-state index in [9.17, 15) is 19.7 Å². The summed E-state index contributed by atoms with van der Waals surface area (Å²) in [5, 5.41) is 21.0. The number of carbonyl (C=O) groups excluding carboxylic acids is 1. The Morgan fingerprint density at radius 2 is 1.64 bits per heavy atom. The van der Waals surface area contributed by atoms with Crippen molar-refractivity contribution in [2.24, 2.45) is 5.41 Å². The summed E-state index contributed by atoms with van der Waals surface area (Å²) in [5.74, 6) is -1.29. The molecule has 1 unspecified atom stereocenters. The SMILES string of the molecule is Cc1ccc(C(=O)[C@H]2[C@H](c3ccc(F)cc3)C(C#N)(C#N)[C@@H]3c4ccccc4C=C[NH+]32)cc1. The van der Waals surface area contributed by atoms with Gasteiger partial charge in [0.15, 0.2) is 12.1 Å². The van der Waals surface area contributed by atoms with E-state index < -0.39 is 29.2 Å². The second kappa shape index (κ2) is 7.81. The van der Waals surface area contributed by atoms with Crippen LogP contribution in [0.5, 0.6) is 0 Å². The Morgan fingerprint density at radius 1 is 0.970 bits per heavy atom. The zero-order chi connectivity index (χ0) is 23.2. The van der Waals surface area contributed by atoms with Gasteiger partial charge in [-0.25, -0.2) is 4.39 Å². The first-order valence-corrected chi connectivity index (χ1v) is 10.8. The second-order valence-electron chi connectivity index (χ2n) is 8.73. The van der Waals surface area contributed by atoms with Gasteiger partial charge in [0.25, 0.3) is 0 Å². The van der Waals surface area contributed by atoms with Crippen molar-refractivity contribution in [2.45, 2.75) is 24.9 Å². The lowest BCUT2D eigenvalue weighted by Crippen LogP contribution is -3.11. The summed E-state index contributed by atoms with van der Waals surface area (Å²) in [5.41, 5.74) is 2.46. The number of ketones is 1. The van der Waals surface area contributed by atoms with Gasteiger partial charge in [-0.1, -0.05) is 66.2 Å². The fraction of sp³-hybridized carbons (Fsp3) is 0.179. The number of nitrogens with one attached hydrogen (secondary N) is 1. The van der Waals surface area contributed by atoms with Crippen molar-refractivity contribution in [3.8, 4) is 12.1 Å². The number of hydrogen-bond donors (Lipinski definition) is 1. The third-order valence-corrected chi connectivity index (χ3v) is 6.95. The van der Waals surface area contributed by atoms with Crippen LogP contribution in [-0.4, -0.2) is 11.8 Å². The molecule has 4 nitrogen and oxygen atoms in total. The summed E-state index contributed by atoms with van der Waals surface area (Å²) < 4.78 is 13.8. The fourth-order valence-corrected chi connectivity index (χ4v) is 5.43. The molecule has 1 N–H and O–H groups in total. The molecular weight excluding hydrogens is 413 g/mol. The second-order valence-corrected chi connectivity index (χ2v) is 8.73. The zero-order valence-corrected chi connectivity index (χ0v) is 18.0. The lowest BCUT2D eigenvalue weighted by molar-refractivity contribution is -0.885. The third kappa shape index (κ3) is 3.09. The molecule has 0 radical (unpaired) electrons. The third-order valence-electron chi connectivity index (χ3n) is 6.95. The van der Waals surface area contributed by atoms with E-state index >= 15 is 0 Å². The maximum absolute atomic E-state index is 13.9. The van der Waals surface area contributed by atoms with E-state index in [1.165, 1.54) is 12.1 Å². The number of benzene rings is 3. The number of carbonyl (C=O) groups is 1. The van der Waals surface area contributed by atoms with Crippen LogP contribution in [0.4, 0.5) is 4.39 Å². The molecule has 3 aromatic rings. The van der Waals surface area contributed by atoms with Crippen molar-refractivity contribution in [2.75, 3.05) is 0 Å². The van der Waals surface area contributed by atoms with Crippen molar-refractivity contribution in [1.29, 1.82) is 10.5 Å². The van der Waals surface area contributed by atoms with Gasteiger partial charge in [-0.05, 0) is 36.3 Å². The summed E-state index contributed by atoms with van der Waals surface area (Å²) in [6.45, 7) is 1.95. The topological polar surface area (TPSA) is 69.1 Å². The van der Waals surface area contributed by atoms with Gasteiger partial charge in [0.1, 0.15) is 5.82 Å². The van der Waals surface area contributed by atoms with Gasteiger partial charge in [-0.15, -0.1) is 0 Å². The molecule has 4 atom stereocenters. The molecule has 2 aliphatic heterocycles. The van der Waals surface area contributed by atoms with Crippen LogP contribution in [-0.2, 0) is 0 Å². The van der Waals surface area contributed by atoms with E-state index in [4.69, 9.17) is 0 Å². The summed E-state index contributed by atoms with van der Waals surface area (Å²) in [4.78, 5) is 14.7. The smallest absolute Gasteiger partial charge is 0.221 e. The van der Waals surface area contributed by atoms with Crippen LogP contribution >= 0.6 is 0 Å². The Kier molecular flexibility index (Phi) is 4.93. The number of hydrogen-bond acceptors (Lipinski definition) is 3. The van der Waals surface area contributed by atoms with E-state index in [1.54, 1.807) is 24.3 Å². The Balaban J connectivity index is 1.76. The minimum Gasteiger partial charge on any atom is -0.291 e. The van der Waals surface area contributed by atoms with Crippen molar-refractivity contribution >= 4 is 11.9 Å². The monoisotopic (exact) mass is 434 g/mol. The number of Topliss-reactive ketones (excluding diaryl/α,β-unsaturated/α-hetero) is 1. The fourth-order valence-electron chi connectivity index (χ4n) is 5.43. The van der Waals surface area contributed by atoms with Crippen molar-refractivity contribution < 1.29 is 14.1 Å². The first-order valence-electron chi connectivity index (χ1n) is 10.8. The molecule has 0 aliphatic carbocycles. The number of aryl methyl sites for hydroxylation is 1. The molecule has 33 heavy (non-hydrogen) atoms. The van der Waals surface area contributed by atoms with E-state index in [0.29, 0.717) is 11.1 Å². The molecule has 0 aromatic heterocycles. The molecule has 3 aromatic carbocycles. The van der Waals surface area contributed by atoms with Crippen LogP contribution < -0.4 is 4.90 Å². The number of quaternary nitrogens is 1. The molecule has 0 saturated carbocycles.